The van der Waals surface area contributed by atoms with Crippen LogP contribution < -0.4 is 17.4 Å². The highest BCUT2D eigenvalue weighted by Crippen LogP contribution is 2.38. The van der Waals surface area contributed by atoms with Crippen molar-refractivity contribution in [3.63, 3.8) is 0 Å². The number of carbonyl (C=O) groups is 2. The Balaban J connectivity index is 0.000000491. The largest absolute Gasteiger partial charge is 0.469 e. The van der Waals surface area contributed by atoms with Crippen LogP contribution in [0, 0.1) is 45.3 Å². The maximum absolute atomic E-state index is 11.5. The molecule has 6 rings (SSSR count). The van der Waals surface area contributed by atoms with Crippen molar-refractivity contribution in [3.8, 4) is 6.07 Å². The van der Waals surface area contributed by atoms with Gasteiger partial charge in [0.05, 0.1) is 18.6 Å². The van der Waals surface area contributed by atoms with Gasteiger partial charge >= 0.3 is 11.9 Å². The third-order valence-electron chi connectivity index (χ3n) is 13.7. The van der Waals surface area contributed by atoms with Crippen LogP contribution in [-0.4, -0.2) is 101 Å². The fourth-order valence-corrected chi connectivity index (χ4v) is 8.37. The first-order chi connectivity index (χ1) is 31.5. The van der Waals surface area contributed by atoms with Gasteiger partial charge in [0.25, 0.3) is 0 Å². The molecule has 3 aliphatic rings. The monoisotopic (exact) mass is 970 g/mol. The van der Waals surface area contributed by atoms with Crippen molar-refractivity contribution in [2.75, 3.05) is 52.8 Å². The minimum Gasteiger partial charge on any atom is -0.469 e. The molecular formula is C50H77Cl2N9O6. The predicted octanol–water partition coefficient (Wildman–Crippen LogP) is 7.86. The highest BCUT2D eigenvalue weighted by atomic mass is 35.5. The number of amidine groups is 2. The molecule has 6 atom stereocenters. The molecule has 3 fully saturated rings. The number of likely N-dealkylation sites (tertiary alicyclic amines) is 3. The summed E-state index contributed by atoms with van der Waals surface area (Å²) < 4.78 is 4.42. The second-order valence-electron chi connectivity index (χ2n) is 18.2. The SMILES string of the molecule is CC1CN(Cc2ccccc2)CCC1(C)/C(N)=N/O.CC1CN(Cc2ccccc2)CCC1(C)C#N.CCl.COC(=O)CC(=O)O/N=C(\N)C1(C)CCN(Cc2ccccc2)CC1C.Cl.NO. The molecule has 0 radical (unpaired) electrons. The summed E-state index contributed by atoms with van der Waals surface area (Å²) in [6.07, 6.45) is 3.71. The number of oxime groups is 2. The number of benzene rings is 3. The van der Waals surface area contributed by atoms with Crippen molar-refractivity contribution in [2.24, 2.45) is 61.7 Å². The number of halogens is 2. The van der Waals surface area contributed by atoms with Crippen molar-refractivity contribution in [1.82, 2.24) is 14.7 Å². The zero-order valence-corrected chi connectivity index (χ0v) is 42.4. The molecule has 17 heteroatoms. The van der Waals surface area contributed by atoms with Gasteiger partial charge in [-0.05, 0) is 73.7 Å². The topological polar surface area (TPSA) is 229 Å². The minimum absolute atomic E-state index is 0. The molecule has 3 saturated heterocycles. The van der Waals surface area contributed by atoms with Crippen LogP contribution in [0.25, 0.3) is 0 Å². The summed E-state index contributed by atoms with van der Waals surface area (Å²) >= 11 is 4.64. The summed E-state index contributed by atoms with van der Waals surface area (Å²) in [5.74, 6) is 3.76. The summed E-state index contributed by atoms with van der Waals surface area (Å²) in [7, 11) is 1.21. The number of esters is 1. The highest BCUT2D eigenvalue weighted by Gasteiger charge is 2.42. The zero-order chi connectivity index (χ0) is 49.3. The zero-order valence-electron chi connectivity index (χ0n) is 40.8. The maximum atomic E-state index is 11.5. The lowest BCUT2D eigenvalue weighted by atomic mass is 9.71. The Bertz CT molecular complexity index is 1980. The number of hydrogen-bond donors (Lipinski definition) is 5. The third-order valence-corrected chi connectivity index (χ3v) is 13.7. The molecule has 0 aromatic heterocycles. The van der Waals surface area contributed by atoms with E-state index in [1.807, 2.05) is 31.2 Å². The smallest absolute Gasteiger partial charge is 0.346 e. The number of nitrogens with zero attached hydrogens (tertiary/aromatic N) is 6. The van der Waals surface area contributed by atoms with Crippen LogP contribution in [0.15, 0.2) is 101 Å². The van der Waals surface area contributed by atoms with Crippen LogP contribution in [0.1, 0.15) is 83.9 Å². The minimum atomic E-state index is -0.780. The van der Waals surface area contributed by atoms with Gasteiger partial charge < -0.3 is 31.5 Å². The lowest BCUT2D eigenvalue weighted by Crippen LogP contribution is -2.51. The van der Waals surface area contributed by atoms with E-state index in [-0.39, 0.29) is 40.4 Å². The number of piperidine rings is 3. The van der Waals surface area contributed by atoms with Gasteiger partial charge in [-0.1, -0.05) is 136 Å². The fraction of sp³-hybridized carbons (Fsp3) is 0.540. The Labute approximate surface area is 410 Å². The Kier molecular flexibility index (Phi) is 27.5. The van der Waals surface area contributed by atoms with Gasteiger partial charge in [0.1, 0.15) is 18.1 Å². The predicted molar refractivity (Wildman–Crippen MR) is 269 cm³/mol. The first-order valence-electron chi connectivity index (χ1n) is 22.5. The van der Waals surface area contributed by atoms with Gasteiger partial charge in [-0.25, -0.2) is 10.7 Å². The van der Waals surface area contributed by atoms with Gasteiger partial charge in [-0.3, -0.25) is 19.5 Å². The van der Waals surface area contributed by atoms with Gasteiger partial charge in [0.2, 0.25) is 0 Å². The fourth-order valence-electron chi connectivity index (χ4n) is 8.37. The summed E-state index contributed by atoms with van der Waals surface area (Å²) in [5, 5.41) is 31.7. The normalized spacial score (nSPS) is 25.4. The molecule has 0 saturated carbocycles. The number of carbonyl (C=O) groups excluding carboxylic acids is 2. The van der Waals surface area contributed by atoms with Crippen LogP contribution in [0.2, 0.25) is 0 Å². The van der Waals surface area contributed by atoms with Crippen LogP contribution in [0.3, 0.4) is 0 Å². The average Bonchev–Trinajstić information content (AvgIpc) is 3.34. The molecule has 3 aliphatic heterocycles. The number of alkyl halides is 1. The molecule has 3 aromatic rings. The molecule has 0 amide bonds. The highest BCUT2D eigenvalue weighted by molar-refractivity contribution is 6.15. The molecule has 0 bridgehead atoms. The second kappa shape index (κ2) is 30.6. The molecule has 3 aromatic carbocycles. The first kappa shape index (κ1) is 60.2. The molecule has 15 nitrogen and oxygen atoms in total. The van der Waals surface area contributed by atoms with E-state index in [0.29, 0.717) is 17.7 Å². The van der Waals surface area contributed by atoms with Crippen molar-refractivity contribution in [1.29, 1.82) is 5.26 Å². The van der Waals surface area contributed by atoms with E-state index < -0.39 is 18.4 Å². The van der Waals surface area contributed by atoms with Gasteiger partial charge in [0.15, 0.2) is 0 Å². The third kappa shape index (κ3) is 18.7. The Hall–Kier alpha value is -4.79. The van der Waals surface area contributed by atoms with E-state index in [0.717, 1.165) is 78.2 Å². The Morgan fingerprint density at radius 1 is 0.687 bits per heavy atom. The van der Waals surface area contributed by atoms with Crippen LogP contribution in [0.5, 0.6) is 0 Å². The average molecular weight is 971 g/mol. The second-order valence-corrected chi connectivity index (χ2v) is 18.2. The molecule has 67 heavy (non-hydrogen) atoms. The quantitative estimate of drug-likeness (QED) is 0.0180. The summed E-state index contributed by atoms with van der Waals surface area (Å²) in [5.41, 5.74) is 15.3. The molecule has 0 aliphatic carbocycles. The van der Waals surface area contributed by atoms with Crippen molar-refractivity contribution in [3.05, 3.63) is 108 Å². The molecule has 372 valence electrons. The molecule has 6 unspecified atom stereocenters. The maximum Gasteiger partial charge on any atom is 0.346 e. The molecular weight excluding hydrogens is 894 g/mol. The van der Waals surface area contributed by atoms with E-state index in [2.05, 4.69) is 155 Å². The standard InChI is InChI=1S/C19H27N3O4.C15H23N3O.C15H20N2.CH3Cl.ClH.H3NO/c1-14-12-22(13-15-7-5-4-6-8-15)10-9-19(14,2)18(20)21-26-17(24)11-16(23)25-3;1-12-10-18(11-13-6-4-3-5-7-13)9-8-15(12,2)14(16)17-19;1-13-10-17(9-8-15(13,2)12-16)11-14-6-4-3-5-7-14;1-2;;1-2/h4-8,14H,9-13H2,1-3H3,(H2,20,21);3-7,12,19H,8-11H2,1-2H3,(H2,16,17);3-7,13H,8-11H2,1-2H3;1H3;1H;2H,1H2. The van der Waals surface area contributed by atoms with Crippen LogP contribution >= 0.6 is 24.0 Å². The van der Waals surface area contributed by atoms with Crippen molar-refractivity contribution in [2.45, 2.75) is 86.9 Å². The number of methoxy groups -OCH3 is 1. The summed E-state index contributed by atoms with van der Waals surface area (Å²) in [6.45, 7) is 21.3. The van der Waals surface area contributed by atoms with Crippen molar-refractivity contribution >= 4 is 47.6 Å². The number of hydrogen-bond acceptors (Lipinski definition) is 13. The van der Waals surface area contributed by atoms with Crippen LogP contribution in [-0.2, 0) is 38.8 Å². The van der Waals surface area contributed by atoms with E-state index in [9.17, 15) is 14.9 Å². The summed E-state index contributed by atoms with van der Waals surface area (Å²) in [6, 6.07) is 33.9. The first-order valence-corrected chi connectivity index (χ1v) is 23.2. The molecule has 8 N–H and O–H groups in total. The van der Waals surface area contributed by atoms with E-state index in [1.165, 1.54) is 30.2 Å². The Morgan fingerprint density at radius 2 is 1.04 bits per heavy atom. The molecule has 0 spiro atoms. The van der Waals surface area contributed by atoms with Gasteiger partial charge in [0, 0.05) is 63.0 Å². The van der Waals surface area contributed by atoms with Gasteiger partial charge in [-0.2, -0.15) is 5.26 Å². The Morgan fingerprint density at radius 3 is 1.37 bits per heavy atom. The molecule has 3 heterocycles. The van der Waals surface area contributed by atoms with Crippen LogP contribution in [0.4, 0.5) is 0 Å². The van der Waals surface area contributed by atoms with E-state index in [1.54, 1.807) is 0 Å². The number of nitrogens with two attached hydrogens (primary N) is 3. The van der Waals surface area contributed by atoms with Crippen molar-refractivity contribution < 1.29 is 29.6 Å². The lowest BCUT2D eigenvalue weighted by Gasteiger charge is -2.43. The number of ether oxygens (including phenoxy) is 1. The van der Waals surface area contributed by atoms with E-state index >= 15 is 0 Å². The summed E-state index contributed by atoms with van der Waals surface area (Å²) in [4.78, 5) is 34.7. The number of nitriles is 1. The van der Waals surface area contributed by atoms with Gasteiger partial charge in [-0.15, -0.1) is 24.0 Å². The van der Waals surface area contributed by atoms with E-state index in [4.69, 9.17) is 26.7 Å². The number of rotatable bonds is 11. The lowest BCUT2D eigenvalue weighted by molar-refractivity contribution is -0.153.